The van der Waals surface area contributed by atoms with Crippen molar-refractivity contribution in [1.29, 1.82) is 0 Å². The Morgan fingerprint density at radius 1 is 0.784 bits per heavy atom. The summed E-state index contributed by atoms with van der Waals surface area (Å²) in [6.45, 7) is 5.23. The van der Waals surface area contributed by atoms with Gasteiger partial charge in [0.1, 0.15) is 17.2 Å². The largest absolute Gasteiger partial charge is 0.429 e. The first kappa shape index (κ1) is 26.7. The van der Waals surface area contributed by atoms with Crippen LogP contribution in [0.25, 0.3) is 11.1 Å². The van der Waals surface area contributed by atoms with Crippen molar-refractivity contribution < 1.29 is 39.9 Å². The van der Waals surface area contributed by atoms with Gasteiger partial charge in [-0.3, -0.25) is 0 Å². The van der Waals surface area contributed by atoms with Crippen LogP contribution in [0.5, 0.6) is 5.75 Å². The highest BCUT2D eigenvalue weighted by molar-refractivity contribution is 5.76. The van der Waals surface area contributed by atoms with Crippen molar-refractivity contribution in [2.75, 3.05) is 0 Å². The van der Waals surface area contributed by atoms with E-state index in [-0.39, 0.29) is 35.1 Å². The molecule has 1 aliphatic carbocycles. The summed E-state index contributed by atoms with van der Waals surface area (Å²) in [4.78, 5) is 0. The molecule has 0 saturated carbocycles. The molecule has 0 aromatic heterocycles. The van der Waals surface area contributed by atoms with E-state index in [2.05, 4.69) is 11.3 Å². The minimum absolute atomic E-state index is 0.0622. The molecule has 0 radical (unpaired) electrons. The molecule has 2 unspecified atom stereocenters. The number of benzene rings is 3. The second kappa shape index (κ2) is 10.2. The molecule has 37 heavy (non-hydrogen) atoms. The molecule has 0 saturated heterocycles. The Labute approximate surface area is 208 Å². The third-order valence-electron chi connectivity index (χ3n) is 6.35. The third kappa shape index (κ3) is 4.60. The minimum Gasteiger partial charge on any atom is -0.426 e. The lowest BCUT2D eigenvalue weighted by Gasteiger charge is -2.29. The summed E-state index contributed by atoms with van der Waals surface area (Å²) < 4.78 is 123. The van der Waals surface area contributed by atoms with Crippen LogP contribution in [-0.2, 0) is 19.0 Å². The van der Waals surface area contributed by atoms with E-state index < -0.39 is 64.2 Å². The van der Waals surface area contributed by atoms with Crippen LogP contribution in [0, 0.1) is 23.3 Å². The van der Waals surface area contributed by atoms with Gasteiger partial charge in [0.25, 0.3) is 0 Å². The minimum atomic E-state index is -4.59. The number of fused-ring (bicyclic) bond motifs is 3. The summed E-state index contributed by atoms with van der Waals surface area (Å²) in [5, 5.41) is 0. The molecule has 1 nitrogen and oxygen atoms in total. The van der Waals surface area contributed by atoms with Gasteiger partial charge >= 0.3 is 6.11 Å². The summed E-state index contributed by atoms with van der Waals surface area (Å²) >= 11 is 0. The molecule has 2 atom stereocenters. The van der Waals surface area contributed by atoms with Gasteiger partial charge in [0.05, 0.1) is 0 Å². The van der Waals surface area contributed by atoms with E-state index in [1.54, 1.807) is 6.92 Å². The van der Waals surface area contributed by atoms with E-state index in [1.165, 1.54) is 18.2 Å². The van der Waals surface area contributed by atoms with Gasteiger partial charge in [-0.15, -0.1) is 6.58 Å². The van der Waals surface area contributed by atoms with Gasteiger partial charge in [-0.25, -0.2) is 22.0 Å². The molecule has 1 aliphatic rings. The van der Waals surface area contributed by atoms with Crippen LogP contribution >= 0.6 is 0 Å². The normalized spacial score (nSPS) is 16.8. The lowest BCUT2D eigenvalue weighted by atomic mass is 9.80. The van der Waals surface area contributed by atoms with Crippen molar-refractivity contribution in [3.05, 3.63) is 100 Å². The molecule has 0 amide bonds. The van der Waals surface area contributed by atoms with E-state index in [9.17, 15) is 22.0 Å². The van der Waals surface area contributed by atoms with Crippen LogP contribution in [0.2, 0.25) is 0 Å². The van der Waals surface area contributed by atoms with Crippen LogP contribution in [-0.4, -0.2) is 0 Å². The second-order valence-corrected chi connectivity index (χ2v) is 8.74. The lowest BCUT2D eigenvalue weighted by molar-refractivity contribution is -0.189. The molecule has 0 fully saturated rings. The summed E-state index contributed by atoms with van der Waals surface area (Å²) in [6, 6.07) is 5.92. The molecule has 0 N–H and O–H groups in total. The highest BCUT2D eigenvalue weighted by Crippen LogP contribution is 2.52. The van der Waals surface area contributed by atoms with Gasteiger partial charge in [-0.2, -0.15) is 13.2 Å². The number of alkyl halides is 4. The molecule has 9 heteroatoms. The Morgan fingerprint density at radius 3 is 1.97 bits per heavy atom. The van der Waals surface area contributed by atoms with E-state index in [0.29, 0.717) is 18.9 Å². The highest BCUT2D eigenvalue weighted by atomic mass is 19.3. The zero-order valence-corrected chi connectivity index (χ0v) is 19.7. The molecule has 0 bridgehead atoms. The number of aryl methyl sites for hydroxylation is 2. The predicted molar refractivity (Wildman–Crippen MR) is 123 cm³/mol. The first-order valence-electron chi connectivity index (χ1n) is 11.6. The monoisotopic (exact) mass is 526 g/mol. The van der Waals surface area contributed by atoms with Gasteiger partial charge in [0, 0.05) is 11.1 Å². The van der Waals surface area contributed by atoms with Crippen molar-refractivity contribution in [2.45, 2.75) is 51.1 Å². The van der Waals surface area contributed by atoms with Crippen molar-refractivity contribution in [3.63, 3.8) is 0 Å². The van der Waals surface area contributed by atoms with Crippen molar-refractivity contribution in [2.24, 2.45) is 0 Å². The van der Waals surface area contributed by atoms with E-state index in [4.69, 9.17) is 0 Å². The molecular formula is C28H22F8O. The second-order valence-electron chi connectivity index (χ2n) is 8.74. The summed E-state index contributed by atoms with van der Waals surface area (Å²) in [7, 11) is 0. The Kier molecular flexibility index (Phi) is 7.35. The highest BCUT2D eigenvalue weighted by Gasteiger charge is 2.45. The molecule has 0 heterocycles. The molecule has 4 rings (SSSR count). The van der Waals surface area contributed by atoms with Crippen LogP contribution in [0.15, 0.2) is 49.1 Å². The van der Waals surface area contributed by atoms with Gasteiger partial charge in [0.15, 0.2) is 23.9 Å². The van der Waals surface area contributed by atoms with Crippen molar-refractivity contribution in [1.82, 2.24) is 0 Å². The molecular weight excluding hydrogens is 504 g/mol. The third-order valence-corrected chi connectivity index (χ3v) is 6.35. The van der Waals surface area contributed by atoms with E-state index >= 15 is 13.2 Å². The maximum Gasteiger partial charge on any atom is 0.429 e. The fraction of sp³-hybridized carbons (Fsp3) is 0.286. The number of allylic oxidation sites excluding steroid dienone is 1. The van der Waals surface area contributed by atoms with Crippen molar-refractivity contribution >= 4 is 0 Å². The van der Waals surface area contributed by atoms with Crippen LogP contribution < -0.4 is 4.74 Å². The number of hydrogen-bond donors (Lipinski definition) is 0. The first-order chi connectivity index (χ1) is 17.5. The Bertz CT molecular complexity index is 1350. The fourth-order valence-electron chi connectivity index (χ4n) is 4.51. The fourth-order valence-corrected chi connectivity index (χ4v) is 4.51. The van der Waals surface area contributed by atoms with Crippen LogP contribution in [0.3, 0.4) is 0 Å². The van der Waals surface area contributed by atoms with Gasteiger partial charge in [-0.1, -0.05) is 43.7 Å². The predicted octanol–water partition coefficient (Wildman–Crippen LogP) is 9.14. The SMILES string of the molecule is C=CCCc1ccc(OC(F)(F)c2ccc3c(c2F)C(F)C(F)c2c-3ccc(CCC)c2F)c(F)c1F. The Morgan fingerprint density at radius 2 is 1.35 bits per heavy atom. The van der Waals surface area contributed by atoms with Crippen LogP contribution in [0.4, 0.5) is 35.1 Å². The maximum absolute atomic E-state index is 15.3. The standard InChI is InChI=1S/C28H22F8O/c1-3-5-7-15-9-13-19(25(32)23(15)30)37-28(35,36)18-12-11-17-16-10-8-14(6-4-2)22(29)20(16)26(33)27(34)21(17)24(18)31/h3,8-13,26-27H,1,4-7H2,2H3. The van der Waals surface area contributed by atoms with E-state index in [1.807, 2.05) is 0 Å². The lowest BCUT2D eigenvalue weighted by Crippen LogP contribution is -2.26. The zero-order valence-electron chi connectivity index (χ0n) is 19.7. The van der Waals surface area contributed by atoms with Crippen molar-refractivity contribution in [3.8, 4) is 16.9 Å². The Balaban J connectivity index is 1.75. The number of ether oxygens (including phenoxy) is 1. The summed E-state index contributed by atoms with van der Waals surface area (Å²) in [5.41, 5.74) is -3.55. The molecule has 0 spiro atoms. The number of hydrogen-bond acceptors (Lipinski definition) is 1. The smallest absolute Gasteiger partial charge is 0.426 e. The van der Waals surface area contributed by atoms with Gasteiger partial charge < -0.3 is 4.74 Å². The number of rotatable bonds is 8. The quantitative estimate of drug-likeness (QED) is 0.210. The maximum atomic E-state index is 15.3. The molecule has 196 valence electrons. The molecule has 3 aromatic carbocycles. The zero-order chi connectivity index (χ0) is 27.1. The molecule has 3 aromatic rings. The van der Waals surface area contributed by atoms with Gasteiger partial charge in [-0.05, 0) is 53.6 Å². The van der Waals surface area contributed by atoms with Gasteiger partial charge in [0.2, 0.25) is 5.82 Å². The summed E-state index contributed by atoms with van der Waals surface area (Å²) in [6.07, 6.45) is -7.39. The average molecular weight is 526 g/mol. The topological polar surface area (TPSA) is 9.23 Å². The number of halogens is 8. The Hall–Kier alpha value is -3.36. The average Bonchev–Trinajstić information content (AvgIpc) is 2.86. The molecule has 0 aliphatic heterocycles. The first-order valence-corrected chi connectivity index (χ1v) is 11.6. The van der Waals surface area contributed by atoms with E-state index in [0.717, 1.165) is 18.2 Å². The summed E-state index contributed by atoms with van der Waals surface area (Å²) in [5.74, 6) is -7.11. The van der Waals surface area contributed by atoms with Crippen LogP contribution in [0.1, 0.15) is 59.9 Å².